The van der Waals surface area contributed by atoms with Gasteiger partial charge in [-0.05, 0) is 44.0 Å². The van der Waals surface area contributed by atoms with Crippen molar-refractivity contribution in [2.75, 3.05) is 18.4 Å². The van der Waals surface area contributed by atoms with Crippen LogP contribution in [-0.2, 0) is 10.0 Å². The molecular weight excluding hydrogens is 332 g/mol. The fourth-order valence-electron chi connectivity index (χ4n) is 2.66. The van der Waals surface area contributed by atoms with Crippen LogP contribution in [0.1, 0.15) is 29.0 Å². The summed E-state index contributed by atoms with van der Waals surface area (Å²) in [7, 11) is -3.62. The Labute approximate surface area is 139 Å². The van der Waals surface area contributed by atoms with Crippen LogP contribution in [0, 0.1) is 6.92 Å². The Morgan fingerprint density at radius 1 is 1.25 bits per heavy atom. The first-order valence-electron chi connectivity index (χ1n) is 7.58. The van der Waals surface area contributed by atoms with E-state index >= 15 is 0 Å². The number of phenols is 1. The monoisotopic (exact) mass is 350 g/mol. The van der Waals surface area contributed by atoms with Crippen molar-refractivity contribution in [2.24, 2.45) is 0 Å². The first-order valence-corrected chi connectivity index (χ1v) is 9.02. The maximum absolute atomic E-state index is 12.6. The van der Waals surface area contributed by atoms with Crippen molar-refractivity contribution in [1.29, 1.82) is 0 Å². The maximum Gasteiger partial charge on any atom is 0.259 e. The zero-order chi connectivity index (χ0) is 17.3. The van der Waals surface area contributed by atoms with Crippen LogP contribution in [0.2, 0.25) is 0 Å². The normalized spacial score (nSPS) is 15.5. The number of aromatic hydroxyl groups is 1. The van der Waals surface area contributed by atoms with E-state index in [9.17, 15) is 18.3 Å². The van der Waals surface area contributed by atoms with Crippen LogP contribution >= 0.6 is 0 Å². The smallest absolute Gasteiger partial charge is 0.259 e. The van der Waals surface area contributed by atoms with Crippen molar-refractivity contribution < 1.29 is 22.7 Å². The molecule has 0 spiro atoms. The molecule has 2 aromatic rings. The highest BCUT2D eigenvalue weighted by atomic mass is 32.2. The Morgan fingerprint density at radius 2 is 1.96 bits per heavy atom. The number of hydrogen-bond donors (Lipinski definition) is 2. The standard InChI is InChI=1S/C16H18N2O5S/c1-11-13(6-9-23-11)16(20)17-14-10-12(4-5-15(14)19)24(21,22)18-7-2-3-8-18/h4-6,9-10,19H,2-3,7-8H2,1H3,(H,17,20). The molecule has 0 atom stereocenters. The zero-order valence-electron chi connectivity index (χ0n) is 13.2. The summed E-state index contributed by atoms with van der Waals surface area (Å²) in [4.78, 5) is 12.3. The average Bonchev–Trinajstić information content (AvgIpc) is 3.20. The van der Waals surface area contributed by atoms with Gasteiger partial charge in [0.1, 0.15) is 11.5 Å². The first-order chi connectivity index (χ1) is 11.4. The van der Waals surface area contributed by atoms with E-state index in [1.807, 2.05) is 0 Å². The number of anilines is 1. The van der Waals surface area contributed by atoms with E-state index in [0.29, 0.717) is 24.4 Å². The molecule has 1 aliphatic heterocycles. The van der Waals surface area contributed by atoms with Gasteiger partial charge < -0.3 is 14.8 Å². The van der Waals surface area contributed by atoms with Crippen LogP contribution in [0.25, 0.3) is 0 Å². The van der Waals surface area contributed by atoms with E-state index in [0.717, 1.165) is 12.8 Å². The molecule has 2 N–H and O–H groups in total. The minimum Gasteiger partial charge on any atom is -0.506 e. The minimum absolute atomic E-state index is 0.0425. The second-order valence-corrected chi connectivity index (χ2v) is 7.57. The van der Waals surface area contributed by atoms with Gasteiger partial charge in [0.2, 0.25) is 10.0 Å². The Morgan fingerprint density at radius 3 is 2.58 bits per heavy atom. The fraction of sp³-hybridized carbons (Fsp3) is 0.312. The molecule has 8 heteroatoms. The summed E-state index contributed by atoms with van der Waals surface area (Å²) in [6.07, 6.45) is 3.06. The number of carbonyl (C=O) groups is 1. The molecular formula is C16H18N2O5S. The van der Waals surface area contributed by atoms with Crippen LogP contribution in [-0.4, -0.2) is 36.8 Å². The molecule has 128 valence electrons. The summed E-state index contributed by atoms with van der Waals surface area (Å²) in [6, 6.07) is 5.38. The Hall–Kier alpha value is -2.32. The van der Waals surface area contributed by atoms with E-state index in [4.69, 9.17) is 4.42 Å². The molecule has 0 saturated carbocycles. The molecule has 0 aliphatic carbocycles. The molecule has 1 saturated heterocycles. The zero-order valence-corrected chi connectivity index (χ0v) is 14.0. The summed E-state index contributed by atoms with van der Waals surface area (Å²) >= 11 is 0. The summed E-state index contributed by atoms with van der Waals surface area (Å²) in [5, 5.41) is 12.5. The van der Waals surface area contributed by atoms with Gasteiger partial charge in [0, 0.05) is 13.1 Å². The van der Waals surface area contributed by atoms with Crippen molar-refractivity contribution in [3.05, 3.63) is 41.9 Å². The van der Waals surface area contributed by atoms with Crippen LogP contribution in [0.4, 0.5) is 5.69 Å². The van der Waals surface area contributed by atoms with Crippen molar-refractivity contribution in [1.82, 2.24) is 4.31 Å². The number of carbonyl (C=O) groups excluding carboxylic acids is 1. The molecule has 0 bridgehead atoms. The van der Waals surface area contributed by atoms with Gasteiger partial charge in [-0.2, -0.15) is 4.31 Å². The number of sulfonamides is 1. The van der Waals surface area contributed by atoms with Gasteiger partial charge in [0.15, 0.2) is 0 Å². The fourth-order valence-corrected chi connectivity index (χ4v) is 4.21. The van der Waals surface area contributed by atoms with Crippen molar-refractivity contribution in [3.63, 3.8) is 0 Å². The second-order valence-electron chi connectivity index (χ2n) is 5.63. The Kier molecular flexibility index (Phi) is 4.33. The molecule has 24 heavy (non-hydrogen) atoms. The Bertz CT molecular complexity index is 866. The lowest BCUT2D eigenvalue weighted by molar-refractivity contribution is 0.102. The maximum atomic E-state index is 12.6. The minimum atomic E-state index is -3.62. The van der Waals surface area contributed by atoms with Crippen LogP contribution in [0.15, 0.2) is 39.8 Å². The third-order valence-corrected chi connectivity index (χ3v) is 5.92. The van der Waals surface area contributed by atoms with Crippen LogP contribution < -0.4 is 5.32 Å². The number of phenolic OH excluding ortho intramolecular Hbond substituents is 1. The van der Waals surface area contributed by atoms with Gasteiger partial charge in [0.05, 0.1) is 22.4 Å². The highest BCUT2D eigenvalue weighted by molar-refractivity contribution is 7.89. The lowest BCUT2D eigenvalue weighted by Crippen LogP contribution is -2.28. The third kappa shape index (κ3) is 3.02. The van der Waals surface area contributed by atoms with Gasteiger partial charge in [-0.15, -0.1) is 0 Å². The quantitative estimate of drug-likeness (QED) is 0.825. The summed E-state index contributed by atoms with van der Waals surface area (Å²) in [5.74, 6) is -0.245. The molecule has 1 amide bonds. The topological polar surface area (TPSA) is 99.8 Å². The molecule has 0 unspecified atom stereocenters. The van der Waals surface area contributed by atoms with Gasteiger partial charge >= 0.3 is 0 Å². The van der Waals surface area contributed by atoms with Crippen LogP contribution in [0.5, 0.6) is 5.75 Å². The van der Waals surface area contributed by atoms with E-state index in [1.54, 1.807) is 6.92 Å². The molecule has 1 fully saturated rings. The SMILES string of the molecule is Cc1occc1C(=O)Nc1cc(S(=O)(=O)N2CCCC2)ccc1O. The van der Waals surface area contributed by atoms with E-state index in [2.05, 4.69) is 5.32 Å². The largest absolute Gasteiger partial charge is 0.506 e. The molecule has 7 nitrogen and oxygen atoms in total. The predicted octanol–water partition coefficient (Wildman–Crippen LogP) is 2.33. The lowest BCUT2D eigenvalue weighted by atomic mass is 10.2. The van der Waals surface area contributed by atoms with Crippen LogP contribution in [0.3, 0.4) is 0 Å². The summed E-state index contributed by atoms with van der Waals surface area (Å²) < 4.78 is 31.6. The number of nitrogens with one attached hydrogen (secondary N) is 1. The lowest BCUT2D eigenvalue weighted by Gasteiger charge is -2.16. The number of hydrogen-bond acceptors (Lipinski definition) is 5. The number of aryl methyl sites for hydroxylation is 1. The number of amides is 1. The third-order valence-electron chi connectivity index (χ3n) is 4.02. The van der Waals surface area contributed by atoms with Crippen molar-refractivity contribution in [2.45, 2.75) is 24.7 Å². The predicted molar refractivity (Wildman–Crippen MR) is 87.5 cm³/mol. The van der Waals surface area contributed by atoms with Gasteiger partial charge in [-0.1, -0.05) is 0 Å². The highest BCUT2D eigenvalue weighted by Crippen LogP contribution is 2.29. The molecule has 1 aliphatic rings. The van der Waals surface area contributed by atoms with E-state index in [1.165, 1.54) is 34.8 Å². The van der Waals surface area contributed by atoms with Gasteiger partial charge in [-0.25, -0.2) is 8.42 Å². The Balaban J connectivity index is 1.89. The summed E-state index contributed by atoms with van der Waals surface area (Å²) in [6.45, 7) is 2.61. The number of nitrogens with zero attached hydrogens (tertiary/aromatic N) is 1. The van der Waals surface area contributed by atoms with Gasteiger partial charge in [0.25, 0.3) is 5.91 Å². The number of rotatable bonds is 4. The van der Waals surface area contributed by atoms with Crippen molar-refractivity contribution >= 4 is 21.6 Å². The molecule has 1 aromatic carbocycles. The molecule has 2 heterocycles. The molecule has 0 radical (unpaired) electrons. The van der Waals surface area contributed by atoms with E-state index in [-0.39, 0.29) is 16.3 Å². The van der Waals surface area contributed by atoms with E-state index < -0.39 is 15.9 Å². The molecule has 3 rings (SSSR count). The summed E-state index contributed by atoms with van der Waals surface area (Å²) in [5.41, 5.74) is 0.364. The average molecular weight is 350 g/mol. The number of benzene rings is 1. The first kappa shape index (κ1) is 16.5. The van der Waals surface area contributed by atoms with Crippen molar-refractivity contribution in [3.8, 4) is 5.75 Å². The number of furan rings is 1. The second kappa shape index (κ2) is 6.29. The van der Waals surface area contributed by atoms with Gasteiger partial charge in [-0.3, -0.25) is 4.79 Å². The highest BCUT2D eigenvalue weighted by Gasteiger charge is 2.28. The molecule has 1 aromatic heterocycles.